The zero-order valence-electron chi connectivity index (χ0n) is 61.5. The average molecular weight is 1460 g/mol. The molecule has 0 aromatic heterocycles. The van der Waals surface area contributed by atoms with E-state index in [1.54, 1.807) is 107 Å². The number of ether oxygens (including phenoxy) is 14. The highest BCUT2D eigenvalue weighted by molar-refractivity contribution is 5.89. The maximum atomic E-state index is 14.5. The van der Waals surface area contributed by atoms with E-state index in [-0.39, 0.29) is 69.6 Å². The Labute approximate surface area is 617 Å². The Morgan fingerprint density at radius 2 is 1.20 bits per heavy atom. The SMILES string of the molecule is C=CCOC(=O)NC1[C@H](OC(=O)c2ccc(CCCC)cc2)C(OC2/C=C/C=C/C=C/C=C/C=C/C=C/C=C/[C@H](C)[C@@H](O)[C@@H](C)[C@H](C)OC(=O)C[C@H]3CC(CCC(O)C4C[C@@H](C[C@]5(OC)C[C@H](O)[C@@H](C(=O)OCC=C)[C@H](C2)O5)OC(c2ccc(OC)cc2)O4)OC(c2ccc(OC)cc2)O3)O[C@H](C)[C@H]1O. The van der Waals surface area contributed by atoms with Gasteiger partial charge in [-0.2, -0.15) is 0 Å². The number of aliphatic hydroxyl groups excluding tert-OH is 4. The molecule has 8 unspecified atom stereocenters. The first-order valence-electron chi connectivity index (χ1n) is 36.3. The summed E-state index contributed by atoms with van der Waals surface area (Å²) in [5, 5.41) is 50.9. The number of esters is 3. The van der Waals surface area contributed by atoms with E-state index in [0.717, 1.165) is 24.8 Å². The van der Waals surface area contributed by atoms with Crippen molar-refractivity contribution in [3.05, 3.63) is 205 Å². The molecule has 5 aliphatic rings. The monoisotopic (exact) mass is 1460 g/mol. The van der Waals surface area contributed by atoms with Crippen LogP contribution in [-0.2, 0) is 72.9 Å². The van der Waals surface area contributed by atoms with Crippen molar-refractivity contribution in [3.63, 3.8) is 0 Å². The molecular formula is C82H107NO22. The lowest BCUT2D eigenvalue weighted by atomic mass is 9.82. The number of amides is 1. The Kier molecular flexibility index (Phi) is 33.0. The molecule has 572 valence electrons. The van der Waals surface area contributed by atoms with Crippen LogP contribution in [0.25, 0.3) is 0 Å². The van der Waals surface area contributed by atoms with Gasteiger partial charge in [-0.25, -0.2) is 9.59 Å². The number of methoxy groups -OCH3 is 3. The van der Waals surface area contributed by atoms with Crippen LogP contribution in [0.4, 0.5) is 4.79 Å². The fourth-order valence-electron chi connectivity index (χ4n) is 13.3. The lowest BCUT2D eigenvalue weighted by Crippen LogP contribution is -2.65. The number of aliphatic hydroxyl groups is 4. The fourth-order valence-corrected chi connectivity index (χ4v) is 13.3. The van der Waals surface area contributed by atoms with Crippen LogP contribution in [0.2, 0.25) is 0 Å². The van der Waals surface area contributed by atoms with Gasteiger partial charge in [0.2, 0.25) is 0 Å². The predicted molar refractivity (Wildman–Crippen MR) is 391 cm³/mol. The number of cyclic esters (lactones) is 1. The number of fused-ring (bicyclic) bond motifs is 6. The second-order valence-electron chi connectivity index (χ2n) is 27.1. The summed E-state index contributed by atoms with van der Waals surface area (Å²) in [4.78, 5) is 56.1. The third kappa shape index (κ3) is 24.6. The average Bonchev–Trinajstić information content (AvgIpc) is 0.771. The minimum atomic E-state index is -1.73. The van der Waals surface area contributed by atoms with Gasteiger partial charge in [-0.1, -0.05) is 174 Å². The molecule has 23 heteroatoms. The normalized spacial score (nSPS) is 34.7. The second-order valence-corrected chi connectivity index (χ2v) is 27.1. The number of nitrogens with one attached hydrogen (secondary N) is 1. The number of carbonyl (C=O) groups excluding carboxylic acids is 4. The van der Waals surface area contributed by atoms with Gasteiger partial charge in [-0.15, -0.1) is 0 Å². The number of carbonyl (C=O) groups is 4. The van der Waals surface area contributed by atoms with Gasteiger partial charge in [0.05, 0.1) is 87.2 Å². The Hall–Kier alpha value is -7.88. The van der Waals surface area contributed by atoms with Gasteiger partial charge in [0.1, 0.15) is 48.9 Å². The molecule has 4 fully saturated rings. The summed E-state index contributed by atoms with van der Waals surface area (Å²) in [7, 11) is 4.53. The number of benzene rings is 3. The minimum absolute atomic E-state index is 0.0765. The molecule has 23 nitrogen and oxygen atoms in total. The number of hydrogen-bond acceptors (Lipinski definition) is 22. The summed E-state index contributed by atoms with van der Waals surface area (Å²) in [6.45, 7) is 16.1. The maximum Gasteiger partial charge on any atom is 0.407 e. The standard InChI is InChI=1S/C82H107NO22/c1-11-14-28-56-30-32-57(33-31-56)76(89)104-75-72(83-81(91)96-45-13-3)74(88)55(7)98-80(75)100-62-29-26-24-22-20-18-16-15-17-19-21-23-25-27-52(4)73(87)53(5)54(6)97-70(86)49-64-46-63(99-78(101-64)58-34-38-60(92-8)39-35-58)42-43-66(84)68-48-65(102-79(103-68)59-36-40-61(93-9)41-37-59)50-82(94-10)51-67(85)71(69(47-62)105-82)77(90)95-44-12-2/h12-13,15-27,29-41,52-55,62-69,71-75,78-80,84-85,87-88H,2-3,11,14,28,42-51H2,1,4-10H3,(H,83,91)/b16-15+,19-17+,20-18+,23-21+,24-22+,27-25+,29-26+/t52-,53-,54-,55+,62?,63?,64+,65-,66?,67-,68?,69-,71+,72?,73+,74+,75-,78?,79?,80?,82+/m0/s1. The van der Waals surface area contributed by atoms with Crippen molar-refractivity contribution < 1.29 is 106 Å². The molecule has 6 bridgehead atoms. The van der Waals surface area contributed by atoms with Gasteiger partial charge >= 0.3 is 24.0 Å². The highest BCUT2D eigenvalue weighted by atomic mass is 16.7. The topological polar surface area (TPSA) is 290 Å². The van der Waals surface area contributed by atoms with Crippen LogP contribution < -0.4 is 14.8 Å². The molecule has 0 spiro atoms. The first-order chi connectivity index (χ1) is 50.7. The molecule has 5 heterocycles. The molecule has 8 rings (SSSR count). The van der Waals surface area contributed by atoms with Crippen molar-refractivity contribution >= 4 is 24.0 Å². The molecule has 0 aliphatic carbocycles. The molecule has 0 radical (unpaired) electrons. The van der Waals surface area contributed by atoms with Gasteiger partial charge < -0.3 is 92.1 Å². The van der Waals surface area contributed by atoms with Crippen LogP contribution in [-0.4, -0.2) is 176 Å². The van der Waals surface area contributed by atoms with Crippen LogP contribution in [0.5, 0.6) is 11.5 Å². The molecule has 5 N–H and O–H groups in total. The van der Waals surface area contributed by atoms with E-state index < -0.39 is 146 Å². The van der Waals surface area contributed by atoms with Crippen molar-refractivity contribution in [1.82, 2.24) is 5.32 Å². The zero-order valence-corrected chi connectivity index (χ0v) is 61.5. The van der Waals surface area contributed by atoms with Crippen molar-refractivity contribution in [1.29, 1.82) is 0 Å². The first kappa shape index (κ1) is 82.8. The maximum absolute atomic E-state index is 14.5. The summed E-state index contributed by atoms with van der Waals surface area (Å²) in [6, 6.07) is 19.8. The van der Waals surface area contributed by atoms with Gasteiger partial charge in [0.25, 0.3) is 0 Å². The lowest BCUT2D eigenvalue weighted by Gasteiger charge is -2.48. The van der Waals surface area contributed by atoms with Crippen molar-refractivity contribution in [2.75, 3.05) is 34.5 Å². The number of hydrogen-bond donors (Lipinski definition) is 5. The van der Waals surface area contributed by atoms with E-state index in [9.17, 15) is 39.6 Å². The fraction of sp³-hybridized carbons (Fsp3) is 0.512. The molecule has 21 atom stereocenters. The Bertz CT molecular complexity index is 3440. The molecular weight excluding hydrogens is 1350 g/mol. The zero-order chi connectivity index (χ0) is 75.4. The number of rotatable bonds is 18. The third-order valence-electron chi connectivity index (χ3n) is 19.4. The van der Waals surface area contributed by atoms with E-state index in [0.29, 0.717) is 29.0 Å². The highest BCUT2D eigenvalue weighted by Gasteiger charge is 2.54. The van der Waals surface area contributed by atoms with Crippen LogP contribution in [0, 0.1) is 17.8 Å². The van der Waals surface area contributed by atoms with E-state index in [1.165, 1.54) is 19.3 Å². The van der Waals surface area contributed by atoms with Crippen molar-refractivity contribution in [2.45, 2.75) is 215 Å². The van der Waals surface area contributed by atoms with Crippen LogP contribution in [0.15, 0.2) is 183 Å². The summed E-state index contributed by atoms with van der Waals surface area (Å²) < 4.78 is 87.6. The highest BCUT2D eigenvalue weighted by Crippen LogP contribution is 2.44. The number of aryl methyl sites for hydroxylation is 1. The van der Waals surface area contributed by atoms with E-state index >= 15 is 0 Å². The Morgan fingerprint density at radius 3 is 1.80 bits per heavy atom. The molecule has 4 saturated heterocycles. The summed E-state index contributed by atoms with van der Waals surface area (Å²) in [5.41, 5.74) is 2.46. The van der Waals surface area contributed by atoms with Gasteiger partial charge in [-0.05, 0) is 81.5 Å². The quantitative estimate of drug-likeness (QED) is 0.0449. The minimum Gasteiger partial charge on any atom is -0.497 e. The molecule has 3 aromatic carbocycles. The van der Waals surface area contributed by atoms with Gasteiger partial charge in [0.15, 0.2) is 30.8 Å². The molecule has 3 aromatic rings. The summed E-state index contributed by atoms with van der Waals surface area (Å²) >= 11 is 0. The molecule has 1 amide bonds. The third-order valence-corrected chi connectivity index (χ3v) is 19.4. The van der Waals surface area contributed by atoms with Crippen LogP contribution >= 0.6 is 0 Å². The largest absolute Gasteiger partial charge is 0.497 e. The number of unbranched alkanes of at least 4 members (excludes halogenated alkanes) is 1. The smallest absolute Gasteiger partial charge is 0.407 e. The Morgan fingerprint density at radius 1 is 0.619 bits per heavy atom. The lowest BCUT2D eigenvalue weighted by molar-refractivity contribution is -0.333. The van der Waals surface area contributed by atoms with Gasteiger partial charge in [-0.3, -0.25) is 9.59 Å². The second kappa shape index (κ2) is 41.9. The first-order valence-corrected chi connectivity index (χ1v) is 36.3. The summed E-state index contributed by atoms with van der Waals surface area (Å²) in [6.07, 6.45) is 12.7. The number of alkyl carbamates (subject to hydrolysis) is 1. The van der Waals surface area contributed by atoms with Crippen molar-refractivity contribution in [2.24, 2.45) is 17.8 Å². The molecule has 0 saturated carbocycles. The molecule has 5 aliphatic heterocycles. The summed E-state index contributed by atoms with van der Waals surface area (Å²) in [5.74, 6) is -4.77. The molecule has 105 heavy (non-hydrogen) atoms. The van der Waals surface area contributed by atoms with Gasteiger partial charge in [0, 0.05) is 62.2 Å². The van der Waals surface area contributed by atoms with E-state index in [4.69, 9.17) is 66.3 Å². The van der Waals surface area contributed by atoms with Crippen molar-refractivity contribution in [3.8, 4) is 11.5 Å². The van der Waals surface area contributed by atoms with Crippen LogP contribution in [0.3, 0.4) is 0 Å². The predicted octanol–water partition coefficient (Wildman–Crippen LogP) is 11.7. The van der Waals surface area contributed by atoms with E-state index in [2.05, 4.69) is 25.4 Å². The number of allylic oxidation sites excluding steroid dienone is 12. The van der Waals surface area contributed by atoms with Crippen LogP contribution in [0.1, 0.15) is 138 Å². The van der Waals surface area contributed by atoms with E-state index in [1.807, 2.05) is 92.8 Å². The Balaban J connectivity index is 1.16.